The predicted molar refractivity (Wildman–Crippen MR) is 70.0 cm³/mol. The molecular formula is C14H9FN4. The number of hydrogen-bond donors (Lipinski definition) is 2. The molecular weight excluding hydrogens is 243 g/mol. The van der Waals surface area contributed by atoms with Crippen molar-refractivity contribution < 1.29 is 4.39 Å². The highest BCUT2D eigenvalue weighted by Crippen LogP contribution is 2.25. The molecule has 0 saturated heterocycles. The molecule has 0 fully saturated rings. The molecule has 0 spiro atoms. The number of nitriles is 2. The van der Waals surface area contributed by atoms with Gasteiger partial charge < -0.3 is 11.1 Å². The lowest BCUT2D eigenvalue weighted by molar-refractivity contribution is 0.627. The van der Waals surface area contributed by atoms with Gasteiger partial charge in [-0.2, -0.15) is 10.5 Å². The van der Waals surface area contributed by atoms with Crippen LogP contribution in [0, 0.1) is 28.5 Å². The van der Waals surface area contributed by atoms with Gasteiger partial charge in [0.2, 0.25) is 0 Å². The molecule has 0 unspecified atom stereocenters. The first-order valence-electron chi connectivity index (χ1n) is 5.40. The summed E-state index contributed by atoms with van der Waals surface area (Å²) in [5.74, 6) is -0.486. The van der Waals surface area contributed by atoms with Crippen molar-refractivity contribution in [2.45, 2.75) is 0 Å². The molecule has 92 valence electrons. The zero-order chi connectivity index (χ0) is 13.8. The van der Waals surface area contributed by atoms with Crippen LogP contribution in [0.5, 0.6) is 0 Å². The lowest BCUT2D eigenvalue weighted by Gasteiger charge is -2.10. The molecule has 0 aliphatic rings. The molecule has 0 aliphatic carbocycles. The Morgan fingerprint density at radius 1 is 0.947 bits per heavy atom. The van der Waals surface area contributed by atoms with Gasteiger partial charge in [-0.25, -0.2) is 4.39 Å². The lowest BCUT2D eigenvalue weighted by atomic mass is 10.1. The third kappa shape index (κ3) is 2.62. The van der Waals surface area contributed by atoms with Gasteiger partial charge >= 0.3 is 0 Å². The predicted octanol–water partition coefficient (Wildman–Crippen LogP) is 2.89. The van der Waals surface area contributed by atoms with Gasteiger partial charge in [-0.1, -0.05) is 0 Å². The zero-order valence-corrected chi connectivity index (χ0v) is 9.81. The summed E-state index contributed by atoms with van der Waals surface area (Å²) in [6, 6.07) is 12.5. The smallest absolute Gasteiger partial charge is 0.124 e. The molecule has 0 radical (unpaired) electrons. The molecule has 4 nitrogen and oxygen atoms in total. The lowest BCUT2D eigenvalue weighted by Crippen LogP contribution is -1.98. The van der Waals surface area contributed by atoms with E-state index in [0.717, 1.165) is 6.07 Å². The SMILES string of the molecule is N#Cc1cc(N)ccc1Nc1ccc(F)cc1C#N. The van der Waals surface area contributed by atoms with Crippen molar-refractivity contribution >= 4 is 17.1 Å². The number of rotatable bonds is 2. The van der Waals surface area contributed by atoms with Crippen LogP contribution in [0.4, 0.5) is 21.5 Å². The molecule has 0 amide bonds. The quantitative estimate of drug-likeness (QED) is 0.804. The molecule has 0 aromatic heterocycles. The highest BCUT2D eigenvalue weighted by Gasteiger charge is 2.07. The van der Waals surface area contributed by atoms with Crippen molar-refractivity contribution in [1.82, 2.24) is 0 Å². The van der Waals surface area contributed by atoms with Gasteiger partial charge in [0.15, 0.2) is 0 Å². The summed E-state index contributed by atoms with van der Waals surface area (Å²) in [7, 11) is 0. The molecule has 0 bridgehead atoms. The minimum absolute atomic E-state index is 0.167. The van der Waals surface area contributed by atoms with Gasteiger partial charge in [0.25, 0.3) is 0 Å². The van der Waals surface area contributed by atoms with Crippen LogP contribution in [0.2, 0.25) is 0 Å². The molecule has 2 aromatic rings. The van der Waals surface area contributed by atoms with Crippen LogP contribution in [-0.2, 0) is 0 Å². The normalized spacial score (nSPS) is 9.42. The molecule has 2 aromatic carbocycles. The average Bonchev–Trinajstić information content (AvgIpc) is 2.42. The van der Waals surface area contributed by atoms with E-state index in [2.05, 4.69) is 5.32 Å². The van der Waals surface area contributed by atoms with E-state index in [1.54, 1.807) is 12.1 Å². The van der Waals surface area contributed by atoms with Crippen LogP contribution >= 0.6 is 0 Å². The van der Waals surface area contributed by atoms with Crippen LogP contribution in [0.1, 0.15) is 11.1 Å². The van der Waals surface area contributed by atoms with Crippen molar-refractivity contribution in [3.05, 3.63) is 53.3 Å². The van der Waals surface area contributed by atoms with Gasteiger partial charge in [-0.15, -0.1) is 0 Å². The average molecular weight is 252 g/mol. The molecule has 5 heteroatoms. The van der Waals surface area contributed by atoms with Crippen LogP contribution < -0.4 is 11.1 Å². The molecule has 3 N–H and O–H groups in total. The van der Waals surface area contributed by atoms with Crippen molar-refractivity contribution in [2.75, 3.05) is 11.1 Å². The van der Waals surface area contributed by atoms with Crippen LogP contribution in [0.15, 0.2) is 36.4 Å². The van der Waals surface area contributed by atoms with Gasteiger partial charge in [-0.3, -0.25) is 0 Å². The fourth-order valence-electron chi connectivity index (χ4n) is 1.63. The second-order valence-electron chi connectivity index (χ2n) is 3.84. The highest BCUT2D eigenvalue weighted by molar-refractivity contribution is 5.72. The summed E-state index contributed by atoms with van der Waals surface area (Å²) >= 11 is 0. The standard InChI is InChI=1S/C14H9FN4/c15-11-1-3-13(9(5-11)7-16)19-14-4-2-12(18)6-10(14)8-17/h1-6,19H,18H2. The summed E-state index contributed by atoms with van der Waals surface area (Å²) in [6.45, 7) is 0. The Kier molecular flexibility index (Phi) is 3.31. The fraction of sp³-hybridized carbons (Fsp3) is 0. The van der Waals surface area contributed by atoms with Crippen LogP contribution in [0.25, 0.3) is 0 Å². The van der Waals surface area contributed by atoms with E-state index in [-0.39, 0.29) is 5.56 Å². The molecule has 0 saturated carbocycles. The number of nitrogen functional groups attached to an aromatic ring is 1. The molecule has 0 heterocycles. The third-order valence-electron chi connectivity index (χ3n) is 2.54. The van der Waals surface area contributed by atoms with Gasteiger partial charge in [0.1, 0.15) is 18.0 Å². The van der Waals surface area contributed by atoms with Crippen molar-refractivity contribution in [2.24, 2.45) is 0 Å². The number of hydrogen-bond acceptors (Lipinski definition) is 4. The molecule has 2 rings (SSSR count). The first-order valence-corrected chi connectivity index (χ1v) is 5.40. The Bertz CT molecular complexity index is 649. The Morgan fingerprint density at radius 2 is 1.53 bits per heavy atom. The minimum atomic E-state index is -0.486. The van der Waals surface area contributed by atoms with E-state index in [4.69, 9.17) is 16.3 Å². The second kappa shape index (κ2) is 5.07. The number of nitrogens with two attached hydrogens (primary N) is 1. The molecule has 0 aliphatic heterocycles. The minimum Gasteiger partial charge on any atom is -0.399 e. The fourth-order valence-corrected chi connectivity index (χ4v) is 1.63. The maximum Gasteiger partial charge on any atom is 0.124 e. The summed E-state index contributed by atoms with van der Waals surface area (Å²) in [5, 5.41) is 20.9. The van der Waals surface area contributed by atoms with Gasteiger partial charge in [-0.05, 0) is 36.4 Å². The Labute approximate surface area is 109 Å². The molecule has 19 heavy (non-hydrogen) atoms. The Balaban J connectivity index is 2.43. The van der Waals surface area contributed by atoms with E-state index >= 15 is 0 Å². The van der Waals surface area contributed by atoms with E-state index in [9.17, 15) is 4.39 Å². The van der Waals surface area contributed by atoms with Gasteiger partial charge in [0.05, 0.1) is 22.5 Å². The Hall–Kier alpha value is -3.05. The summed E-state index contributed by atoms with van der Waals surface area (Å²) in [6.07, 6.45) is 0. The van der Waals surface area contributed by atoms with E-state index in [1.807, 2.05) is 12.1 Å². The first-order chi connectivity index (χ1) is 9.13. The van der Waals surface area contributed by atoms with Crippen molar-refractivity contribution in [3.63, 3.8) is 0 Å². The Morgan fingerprint density at radius 3 is 2.16 bits per heavy atom. The molecule has 0 atom stereocenters. The number of halogens is 1. The van der Waals surface area contributed by atoms with Crippen molar-refractivity contribution in [3.8, 4) is 12.1 Å². The summed E-state index contributed by atoms with van der Waals surface area (Å²) < 4.78 is 13.0. The van der Waals surface area contributed by atoms with Gasteiger partial charge in [0, 0.05) is 5.69 Å². The maximum atomic E-state index is 13.0. The maximum absolute atomic E-state index is 13.0. The van der Waals surface area contributed by atoms with E-state index < -0.39 is 5.82 Å². The summed E-state index contributed by atoms with van der Waals surface area (Å²) in [5.41, 5.74) is 7.54. The zero-order valence-electron chi connectivity index (χ0n) is 9.81. The second-order valence-corrected chi connectivity index (χ2v) is 3.84. The number of benzene rings is 2. The number of anilines is 3. The third-order valence-corrected chi connectivity index (χ3v) is 2.54. The first kappa shape index (κ1) is 12.4. The highest BCUT2D eigenvalue weighted by atomic mass is 19.1. The number of nitrogens with one attached hydrogen (secondary N) is 1. The van der Waals surface area contributed by atoms with Crippen molar-refractivity contribution in [1.29, 1.82) is 10.5 Å². The van der Waals surface area contributed by atoms with Crippen LogP contribution in [-0.4, -0.2) is 0 Å². The van der Waals surface area contributed by atoms with E-state index in [0.29, 0.717) is 22.6 Å². The van der Waals surface area contributed by atoms with E-state index in [1.165, 1.54) is 18.2 Å². The topological polar surface area (TPSA) is 85.6 Å². The summed E-state index contributed by atoms with van der Waals surface area (Å²) in [4.78, 5) is 0. The van der Waals surface area contributed by atoms with Crippen LogP contribution in [0.3, 0.4) is 0 Å². The largest absolute Gasteiger partial charge is 0.399 e. The monoisotopic (exact) mass is 252 g/mol. The number of nitrogens with zero attached hydrogens (tertiary/aromatic N) is 2.